The minimum atomic E-state index is -5.08. The monoisotopic (exact) mass is 939 g/mol. The summed E-state index contributed by atoms with van der Waals surface area (Å²) in [6, 6.07) is 24.8. The van der Waals surface area contributed by atoms with Gasteiger partial charge in [-0.1, -0.05) is 54.6 Å². The van der Waals surface area contributed by atoms with Crippen LogP contribution in [0.5, 0.6) is 5.75 Å². The van der Waals surface area contributed by atoms with Gasteiger partial charge < -0.3 is 45.7 Å². The molecule has 0 bridgehead atoms. The number of aliphatic hydroxyl groups excluding tert-OH is 1. The fourth-order valence-electron chi connectivity index (χ4n) is 6.30. The lowest BCUT2D eigenvalue weighted by molar-refractivity contribution is -0.193. The Morgan fingerprint density at radius 2 is 1.39 bits per heavy atom. The van der Waals surface area contributed by atoms with Crippen LogP contribution in [-0.2, 0) is 25.7 Å². The van der Waals surface area contributed by atoms with Crippen molar-refractivity contribution in [3.05, 3.63) is 124 Å². The Morgan fingerprint density at radius 3 is 2.02 bits per heavy atom. The Hall–Kier alpha value is -7.11. The predicted molar refractivity (Wildman–Crippen MR) is 221 cm³/mol. The molecule has 0 unspecified atom stereocenters. The molecule has 354 valence electrons. The molecule has 6 rings (SSSR count). The van der Waals surface area contributed by atoms with E-state index >= 15 is 0 Å². The lowest BCUT2D eigenvalue weighted by atomic mass is 10.0. The van der Waals surface area contributed by atoms with Crippen LogP contribution in [0.1, 0.15) is 36.5 Å². The predicted octanol–water partition coefficient (Wildman–Crippen LogP) is 7.31. The minimum Gasteiger partial charge on any atom is -0.506 e. The van der Waals surface area contributed by atoms with Crippen LogP contribution in [0.3, 0.4) is 0 Å². The highest BCUT2D eigenvalue weighted by Crippen LogP contribution is 2.30. The number of phenols is 1. The number of benzene rings is 4. The number of hydrogen-bond acceptors (Lipinski definition) is 10. The zero-order valence-corrected chi connectivity index (χ0v) is 34.2. The molecule has 1 aliphatic rings. The van der Waals surface area contributed by atoms with Gasteiger partial charge in [0.05, 0.1) is 23.0 Å². The highest BCUT2D eigenvalue weighted by Gasteiger charge is 2.39. The van der Waals surface area contributed by atoms with Crippen molar-refractivity contribution >= 4 is 46.2 Å². The van der Waals surface area contributed by atoms with Crippen molar-refractivity contribution in [1.29, 1.82) is 0 Å². The summed E-state index contributed by atoms with van der Waals surface area (Å²) in [5.41, 5.74) is 2.46. The number of rotatable bonds is 12. The van der Waals surface area contributed by atoms with Crippen molar-refractivity contribution in [3.63, 3.8) is 0 Å². The average molecular weight is 940 g/mol. The fourth-order valence-corrected chi connectivity index (χ4v) is 6.30. The highest BCUT2D eigenvalue weighted by atomic mass is 19.4. The Balaban J connectivity index is 0.000000590. The van der Waals surface area contributed by atoms with Gasteiger partial charge in [0.2, 0.25) is 11.5 Å². The van der Waals surface area contributed by atoms with E-state index in [4.69, 9.17) is 24.5 Å². The summed E-state index contributed by atoms with van der Waals surface area (Å²) in [5.74, 6) is -7.66. The zero-order chi connectivity index (χ0) is 48.8. The van der Waals surface area contributed by atoms with Gasteiger partial charge in [-0.25, -0.2) is 23.2 Å². The van der Waals surface area contributed by atoms with Crippen LogP contribution in [0.2, 0.25) is 0 Å². The van der Waals surface area contributed by atoms with E-state index in [1.807, 2.05) is 54.6 Å². The molecular formula is C43H41F8N5O10. The molecule has 8 N–H and O–H groups in total. The van der Waals surface area contributed by atoms with Crippen molar-refractivity contribution in [3.8, 4) is 16.9 Å². The van der Waals surface area contributed by atoms with E-state index in [9.17, 15) is 59.7 Å². The maximum atomic E-state index is 14.9. The first-order valence-electron chi connectivity index (χ1n) is 19.5. The number of aromatic hydroxyl groups is 1. The molecule has 1 fully saturated rings. The van der Waals surface area contributed by atoms with E-state index in [2.05, 4.69) is 25.8 Å². The van der Waals surface area contributed by atoms with Gasteiger partial charge in [-0.05, 0) is 48.2 Å². The minimum absolute atomic E-state index is 0.00164. The quantitative estimate of drug-likeness (QED) is 0.0576. The Kier molecular flexibility index (Phi) is 18.1. The topological polar surface area (TPSA) is 231 Å². The second kappa shape index (κ2) is 23.2. The van der Waals surface area contributed by atoms with Gasteiger partial charge >= 0.3 is 30.4 Å². The third-order valence-corrected chi connectivity index (χ3v) is 9.53. The first kappa shape index (κ1) is 51.5. The first-order valence-corrected chi connectivity index (χ1v) is 19.5. The Bertz CT molecular complexity index is 2510. The highest BCUT2D eigenvalue weighted by molar-refractivity contribution is 5.92. The number of hydrogen-bond donors (Lipinski definition) is 8. The van der Waals surface area contributed by atoms with Crippen LogP contribution in [0.15, 0.2) is 95.8 Å². The molecule has 23 heteroatoms. The summed E-state index contributed by atoms with van der Waals surface area (Å²) in [5, 5.41) is 43.7. The molecule has 1 atom stereocenters. The number of halogens is 8. The number of piperidine rings is 1. The van der Waals surface area contributed by atoms with E-state index < -0.39 is 59.6 Å². The number of alkyl halides is 6. The number of aliphatic hydroxyl groups is 1. The van der Waals surface area contributed by atoms with E-state index in [0.717, 1.165) is 23.3 Å². The number of ether oxygens (including phenoxy) is 1. The van der Waals surface area contributed by atoms with E-state index in [1.165, 1.54) is 24.3 Å². The van der Waals surface area contributed by atoms with Gasteiger partial charge in [0.25, 0.3) is 0 Å². The molecule has 15 nitrogen and oxygen atoms in total. The number of para-hydroxylation sites is 1. The summed E-state index contributed by atoms with van der Waals surface area (Å²) < 4.78 is 99.0. The lowest BCUT2D eigenvalue weighted by Crippen LogP contribution is -2.39. The maximum absolute atomic E-state index is 14.9. The van der Waals surface area contributed by atoms with Crippen molar-refractivity contribution in [1.82, 2.24) is 15.2 Å². The van der Waals surface area contributed by atoms with Gasteiger partial charge in [-0.3, -0.25) is 14.9 Å². The van der Waals surface area contributed by atoms with Gasteiger partial charge in [-0.15, -0.1) is 0 Å². The Morgan fingerprint density at radius 1 is 0.788 bits per heavy atom. The first-order chi connectivity index (χ1) is 31.0. The van der Waals surface area contributed by atoms with Crippen molar-refractivity contribution < 1.29 is 79.5 Å². The molecule has 2 heterocycles. The van der Waals surface area contributed by atoms with Crippen LogP contribution in [-0.4, -0.2) is 98.9 Å². The summed E-state index contributed by atoms with van der Waals surface area (Å²) >= 11 is 0. The number of aromatic amines is 1. The lowest BCUT2D eigenvalue weighted by Gasteiger charge is -2.31. The molecule has 0 radical (unpaired) electrons. The molecule has 0 aliphatic carbocycles. The fraction of sp³-hybridized carbons (Fsp3) is 0.279. The number of likely N-dealkylation sites (tertiary alicyclic amines) is 1. The van der Waals surface area contributed by atoms with Gasteiger partial charge in [0.15, 0.2) is 0 Å². The number of nitrogens with zero attached hydrogens (tertiary/aromatic N) is 1. The van der Waals surface area contributed by atoms with Crippen LogP contribution in [0, 0.1) is 11.6 Å². The number of pyridine rings is 1. The smallest absolute Gasteiger partial charge is 0.490 e. The largest absolute Gasteiger partial charge is 0.506 e. The van der Waals surface area contributed by atoms with Crippen LogP contribution in [0.4, 0.5) is 51.3 Å². The summed E-state index contributed by atoms with van der Waals surface area (Å²) in [4.78, 5) is 59.4. The molecule has 1 aromatic heterocycles. The summed E-state index contributed by atoms with van der Waals surface area (Å²) in [6.45, 7) is 1.47. The van der Waals surface area contributed by atoms with Crippen molar-refractivity contribution in [2.24, 2.45) is 0 Å². The number of carboxylic acid groups (broad SMARTS) is 2. The second-order valence-corrected chi connectivity index (χ2v) is 14.2. The molecule has 5 aromatic rings. The van der Waals surface area contributed by atoms with E-state index in [1.54, 1.807) is 0 Å². The van der Waals surface area contributed by atoms with Crippen molar-refractivity contribution in [2.75, 3.05) is 36.8 Å². The molecule has 2 amide bonds. The van der Waals surface area contributed by atoms with E-state index in [0.29, 0.717) is 49.1 Å². The average Bonchev–Trinajstić information content (AvgIpc) is 3.25. The van der Waals surface area contributed by atoms with Gasteiger partial charge in [-0.2, -0.15) is 26.3 Å². The molecular weight excluding hydrogens is 898 g/mol. The van der Waals surface area contributed by atoms with Crippen LogP contribution < -0.4 is 21.5 Å². The number of H-pyrrole nitrogens is 1. The number of carboxylic acids is 2. The number of carbonyl (C=O) groups excluding carboxylic acids is 2. The second-order valence-electron chi connectivity index (χ2n) is 14.2. The normalized spacial score (nSPS) is 13.6. The molecule has 1 aliphatic heterocycles. The number of phenolic OH excluding ortho intramolecular Hbond substituents is 1. The van der Waals surface area contributed by atoms with Gasteiger partial charge in [0, 0.05) is 67.8 Å². The Labute approximate surface area is 368 Å². The third-order valence-electron chi connectivity index (χ3n) is 9.53. The van der Waals surface area contributed by atoms with Crippen LogP contribution >= 0.6 is 0 Å². The van der Waals surface area contributed by atoms with Crippen molar-refractivity contribution in [2.45, 2.75) is 50.4 Å². The maximum Gasteiger partial charge on any atom is 0.490 e. The standard InChI is InChI=1S/C39H39F2N5O6.2C2HF3O2/c40-30-21-33(31(41)20-25(30)22-42-23-35(48)28-10-12-34(47)38-29(28)11-13-36(49)45-38)43-37(50)16-19-46-17-14-26(15-18-46)52-39(51)44-32-9-5-4-8-27(32)24-6-2-1-3-7-24;2*3-2(4,5)1(6)7/h1-13,20-21,26,35,42,47-48H,14-19,22-23H2,(H,43,50)(H,44,51)(H,45,49);2*(H,6,7)/t35-;;/m0../s1. The van der Waals surface area contributed by atoms with E-state index in [-0.39, 0.29) is 48.1 Å². The number of anilines is 2. The van der Waals surface area contributed by atoms with Gasteiger partial charge in [0.1, 0.15) is 23.5 Å². The number of aliphatic carboxylic acids is 2. The molecule has 4 aromatic carbocycles. The number of aromatic nitrogens is 1. The van der Waals surface area contributed by atoms with Crippen LogP contribution in [0.25, 0.3) is 22.0 Å². The number of fused-ring (bicyclic) bond motifs is 1. The zero-order valence-electron chi connectivity index (χ0n) is 34.2. The summed E-state index contributed by atoms with van der Waals surface area (Å²) in [6.07, 6.45) is -10.8. The number of amides is 2. The molecule has 1 saturated heterocycles. The number of carbonyl (C=O) groups is 4. The molecule has 0 saturated carbocycles. The number of nitrogens with one attached hydrogen (secondary N) is 4. The molecule has 0 spiro atoms. The summed E-state index contributed by atoms with van der Waals surface area (Å²) in [7, 11) is 0. The molecule has 66 heavy (non-hydrogen) atoms. The SMILES string of the molecule is O=C(CCN1CCC(OC(=O)Nc2ccccc2-c2ccccc2)CC1)Nc1cc(F)c(CNC[C@H](O)c2ccc(O)c3[nH]c(=O)ccc23)cc1F.O=C(O)C(F)(F)F.O=C(O)C(F)(F)F. The third kappa shape index (κ3) is 15.6.